The molecule has 3 rings (SSSR count). The summed E-state index contributed by atoms with van der Waals surface area (Å²) in [5.41, 5.74) is 0.355. The van der Waals surface area contributed by atoms with Gasteiger partial charge in [0.1, 0.15) is 5.41 Å². The van der Waals surface area contributed by atoms with Crippen LogP contribution in [0.25, 0.3) is 0 Å². The van der Waals surface area contributed by atoms with E-state index in [-0.39, 0.29) is 12.2 Å². The van der Waals surface area contributed by atoms with Crippen molar-refractivity contribution in [3.8, 4) is 0 Å². The number of aliphatic carboxylic acids is 1. The standard InChI is InChI=1S/C14H15BrO3/c15-10-3-1-9(2-4-10)7-14(13(16)17)8-11-5-6-12(14)18-11/h1-4,11-12H,5-8H2,(H,16,17). The number of hydrogen-bond acceptors (Lipinski definition) is 2. The predicted octanol–water partition coefficient (Wildman–Crippen LogP) is 3.01. The Balaban J connectivity index is 1.88. The Labute approximate surface area is 114 Å². The lowest BCUT2D eigenvalue weighted by molar-refractivity contribution is -0.152. The third-order valence-electron chi connectivity index (χ3n) is 4.17. The van der Waals surface area contributed by atoms with Crippen molar-refractivity contribution in [1.82, 2.24) is 0 Å². The van der Waals surface area contributed by atoms with Crippen molar-refractivity contribution in [2.24, 2.45) is 5.41 Å². The second kappa shape index (κ2) is 4.35. The summed E-state index contributed by atoms with van der Waals surface area (Å²) in [4.78, 5) is 11.7. The zero-order valence-corrected chi connectivity index (χ0v) is 11.5. The van der Waals surface area contributed by atoms with Gasteiger partial charge in [0.15, 0.2) is 0 Å². The number of carboxylic acids is 1. The lowest BCUT2D eigenvalue weighted by Gasteiger charge is -2.31. The number of benzene rings is 1. The summed E-state index contributed by atoms with van der Waals surface area (Å²) in [5.74, 6) is -0.711. The number of halogens is 1. The summed E-state index contributed by atoms with van der Waals surface area (Å²) < 4.78 is 6.77. The molecule has 0 spiro atoms. The van der Waals surface area contributed by atoms with Gasteiger partial charge in [-0.3, -0.25) is 4.79 Å². The quantitative estimate of drug-likeness (QED) is 0.933. The van der Waals surface area contributed by atoms with Crippen molar-refractivity contribution >= 4 is 21.9 Å². The molecule has 2 bridgehead atoms. The van der Waals surface area contributed by atoms with Crippen LogP contribution < -0.4 is 0 Å². The number of ether oxygens (including phenoxy) is 1. The van der Waals surface area contributed by atoms with Gasteiger partial charge in [-0.05, 0) is 43.4 Å². The minimum Gasteiger partial charge on any atom is -0.481 e. The maximum Gasteiger partial charge on any atom is 0.312 e. The van der Waals surface area contributed by atoms with E-state index in [1.54, 1.807) is 0 Å². The van der Waals surface area contributed by atoms with E-state index in [9.17, 15) is 9.90 Å². The molecule has 0 aliphatic carbocycles. The molecule has 1 N–H and O–H groups in total. The summed E-state index contributed by atoms with van der Waals surface area (Å²) in [7, 11) is 0. The van der Waals surface area contributed by atoms with Gasteiger partial charge in [-0.1, -0.05) is 28.1 Å². The van der Waals surface area contributed by atoms with E-state index < -0.39 is 11.4 Å². The maximum absolute atomic E-state index is 11.7. The van der Waals surface area contributed by atoms with Gasteiger partial charge in [-0.2, -0.15) is 0 Å². The monoisotopic (exact) mass is 310 g/mol. The molecule has 4 heteroatoms. The summed E-state index contributed by atoms with van der Waals surface area (Å²) in [5, 5.41) is 9.61. The number of rotatable bonds is 3. The Hall–Kier alpha value is -0.870. The smallest absolute Gasteiger partial charge is 0.312 e. The molecule has 2 heterocycles. The van der Waals surface area contributed by atoms with Crippen LogP contribution in [0.4, 0.5) is 0 Å². The summed E-state index contributed by atoms with van der Waals surface area (Å²) in [6.07, 6.45) is 3.16. The molecule has 0 aromatic heterocycles. The number of hydrogen-bond donors (Lipinski definition) is 1. The van der Waals surface area contributed by atoms with Crippen LogP contribution >= 0.6 is 15.9 Å². The van der Waals surface area contributed by atoms with Crippen molar-refractivity contribution in [2.45, 2.75) is 37.9 Å². The summed E-state index contributed by atoms with van der Waals surface area (Å²) in [6.45, 7) is 0. The highest BCUT2D eigenvalue weighted by molar-refractivity contribution is 9.10. The normalized spacial score (nSPS) is 33.8. The zero-order valence-electron chi connectivity index (χ0n) is 9.93. The maximum atomic E-state index is 11.7. The van der Waals surface area contributed by atoms with Crippen molar-refractivity contribution < 1.29 is 14.6 Å². The molecular formula is C14H15BrO3. The van der Waals surface area contributed by atoms with E-state index in [4.69, 9.17) is 4.74 Å². The average Bonchev–Trinajstić information content (AvgIpc) is 2.93. The molecule has 0 radical (unpaired) electrons. The van der Waals surface area contributed by atoms with E-state index >= 15 is 0 Å². The Kier molecular flexibility index (Phi) is 2.94. The zero-order chi connectivity index (χ0) is 12.8. The van der Waals surface area contributed by atoms with Gasteiger partial charge in [0.2, 0.25) is 0 Å². The fraction of sp³-hybridized carbons (Fsp3) is 0.500. The highest BCUT2D eigenvalue weighted by atomic mass is 79.9. The van der Waals surface area contributed by atoms with Gasteiger partial charge in [0.25, 0.3) is 0 Å². The fourth-order valence-corrected chi connectivity index (χ4v) is 3.52. The minimum absolute atomic E-state index is 0.108. The summed E-state index contributed by atoms with van der Waals surface area (Å²) >= 11 is 3.39. The van der Waals surface area contributed by atoms with Crippen LogP contribution in [0.5, 0.6) is 0 Å². The molecule has 0 amide bonds. The molecule has 0 saturated carbocycles. The largest absolute Gasteiger partial charge is 0.481 e. The van der Waals surface area contributed by atoms with Crippen LogP contribution in [0.2, 0.25) is 0 Å². The molecule has 3 unspecified atom stereocenters. The van der Waals surface area contributed by atoms with Crippen molar-refractivity contribution in [3.63, 3.8) is 0 Å². The first kappa shape index (κ1) is 12.2. The van der Waals surface area contributed by atoms with Crippen molar-refractivity contribution in [2.75, 3.05) is 0 Å². The Morgan fingerprint density at radius 2 is 2.11 bits per heavy atom. The minimum atomic E-state index is -0.712. The van der Waals surface area contributed by atoms with Gasteiger partial charge in [0, 0.05) is 4.47 Å². The van der Waals surface area contributed by atoms with Crippen molar-refractivity contribution in [3.05, 3.63) is 34.3 Å². The van der Waals surface area contributed by atoms with E-state index in [0.717, 1.165) is 22.9 Å². The van der Waals surface area contributed by atoms with E-state index in [1.165, 1.54) is 0 Å². The Bertz CT molecular complexity index is 470. The number of carboxylic acid groups (broad SMARTS) is 1. The second-order valence-electron chi connectivity index (χ2n) is 5.29. The lowest BCUT2D eigenvalue weighted by atomic mass is 9.70. The van der Waals surface area contributed by atoms with Gasteiger partial charge >= 0.3 is 5.97 Å². The van der Waals surface area contributed by atoms with Crippen LogP contribution in [0.3, 0.4) is 0 Å². The fourth-order valence-electron chi connectivity index (χ4n) is 3.25. The molecule has 1 aromatic carbocycles. The molecular weight excluding hydrogens is 296 g/mol. The van der Waals surface area contributed by atoms with Crippen LogP contribution in [0.1, 0.15) is 24.8 Å². The van der Waals surface area contributed by atoms with Crippen LogP contribution in [-0.2, 0) is 16.0 Å². The Morgan fingerprint density at radius 1 is 1.39 bits per heavy atom. The molecule has 18 heavy (non-hydrogen) atoms. The third-order valence-corrected chi connectivity index (χ3v) is 4.70. The van der Waals surface area contributed by atoms with Gasteiger partial charge in [-0.25, -0.2) is 0 Å². The molecule has 2 saturated heterocycles. The molecule has 1 aromatic rings. The van der Waals surface area contributed by atoms with E-state index in [1.807, 2.05) is 24.3 Å². The van der Waals surface area contributed by atoms with Gasteiger partial charge < -0.3 is 9.84 Å². The van der Waals surface area contributed by atoms with Gasteiger partial charge in [0.05, 0.1) is 12.2 Å². The highest BCUT2D eigenvalue weighted by Gasteiger charge is 2.57. The van der Waals surface area contributed by atoms with E-state index in [0.29, 0.717) is 12.8 Å². The predicted molar refractivity (Wildman–Crippen MR) is 70.4 cm³/mol. The highest BCUT2D eigenvalue weighted by Crippen LogP contribution is 2.49. The topological polar surface area (TPSA) is 46.5 Å². The summed E-state index contributed by atoms with van der Waals surface area (Å²) in [6, 6.07) is 7.89. The Morgan fingerprint density at radius 3 is 2.61 bits per heavy atom. The average molecular weight is 311 g/mol. The SMILES string of the molecule is O=C(O)C1(Cc2ccc(Br)cc2)CC2CCC1O2. The molecule has 2 aliphatic heterocycles. The van der Waals surface area contributed by atoms with Gasteiger partial charge in [-0.15, -0.1) is 0 Å². The molecule has 96 valence electrons. The first-order chi connectivity index (χ1) is 8.60. The molecule has 3 nitrogen and oxygen atoms in total. The first-order valence-electron chi connectivity index (χ1n) is 6.23. The molecule has 2 aliphatic rings. The molecule has 3 atom stereocenters. The van der Waals surface area contributed by atoms with Crippen LogP contribution in [-0.4, -0.2) is 23.3 Å². The number of fused-ring (bicyclic) bond motifs is 2. The van der Waals surface area contributed by atoms with E-state index in [2.05, 4.69) is 15.9 Å². The first-order valence-corrected chi connectivity index (χ1v) is 7.03. The third kappa shape index (κ3) is 1.88. The lowest BCUT2D eigenvalue weighted by Crippen LogP contribution is -2.42. The van der Waals surface area contributed by atoms with Crippen LogP contribution in [0.15, 0.2) is 28.7 Å². The second-order valence-corrected chi connectivity index (χ2v) is 6.21. The van der Waals surface area contributed by atoms with Crippen LogP contribution in [0, 0.1) is 5.41 Å². The van der Waals surface area contributed by atoms with Crippen molar-refractivity contribution in [1.29, 1.82) is 0 Å². The number of carbonyl (C=O) groups is 1. The molecule has 2 fully saturated rings.